The lowest BCUT2D eigenvalue weighted by Gasteiger charge is -2.13. The second-order valence-corrected chi connectivity index (χ2v) is 6.51. The normalized spacial score (nSPS) is 11.5. The summed E-state index contributed by atoms with van der Waals surface area (Å²) in [5.74, 6) is -1.84. The van der Waals surface area contributed by atoms with Crippen molar-refractivity contribution >= 4 is 29.1 Å². The lowest BCUT2D eigenvalue weighted by atomic mass is 10.2. The summed E-state index contributed by atoms with van der Waals surface area (Å²) in [6, 6.07) is 8.51. The molecule has 0 radical (unpaired) electrons. The van der Waals surface area contributed by atoms with Crippen molar-refractivity contribution in [3.05, 3.63) is 47.1 Å². The number of rotatable bonds is 7. The van der Waals surface area contributed by atoms with Crippen molar-refractivity contribution in [2.75, 3.05) is 13.2 Å². The smallest absolute Gasteiger partial charge is 0.348 e. The van der Waals surface area contributed by atoms with E-state index in [0.717, 1.165) is 10.4 Å². The first-order valence-corrected chi connectivity index (χ1v) is 8.82. The van der Waals surface area contributed by atoms with E-state index in [1.54, 1.807) is 38.1 Å². The molecule has 2 aromatic rings. The molecule has 138 valence electrons. The Morgan fingerprint density at radius 3 is 2.50 bits per heavy atom. The van der Waals surface area contributed by atoms with Crippen LogP contribution >= 0.6 is 11.3 Å². The zero-order valence-electron chi connectivity index (χ0n) is 14.4. The van der Waals surface area contributed by atoms with Crippen LogP contribution in [0, 0.1) is 5.82 Å². The average molecular weight is 378 g/mol. The number of esters is 1. The summed E-state index contributed by atoms with van der Waals surface area (Å²) in [5.41, 5.74) is 0.781. The van der Waals surface area contributed by atoms with Gasteiger partial charge in [-0.1, -0.05) is 12.1 Å². The molecule has 0 bridgehead atoms. The number of benzene rings is 1. The quantitative estimate of drug-likeness (QED) is 0.725. The van der Waals surface area contributed by atoms with E-state index in [1.165, 1.54) is 23.5 Å². The van der Waals surface area contributed by atoms with Crippen LogP contribution in [0.15, 0.2) is 36.4 Å². The van der Waals surface area contributed by atoms with E-state index in [1.807, 2.05) is 0 Å². The Kier molecular flexibility index (Phi) is 6.85. The molecule has 1 aromatic heterocycles. The fraction of sp³-hybridized carbons (Fsp3) is 0.278. The molecular formula is C18H19FN2O4S. The first kappa shape index (κ1) is 19.6. The van der Waals surface area contributed by atoms with Gasteiger partial charge in [0.25, 0.3) is 5.91 Å². The summed E-state index contributed by atoms with van der Waals surface area (Å²) in [7, 11) is 0. The molecule has 0 fully saturated rings. The van der Waals surface area contributed by atoms with Gasteiger partial charge in [0.15, 0.2) is 6.61 Å². The van der Waals surface area contributed by atoms with E-state index in [9.17, 15) is 18.8 Å². The summed E-state index contributed by atoms with van der Waals surface area (Å²) in [6.45, 7) is 3.30. The number of thiophene rings is 1. The Labute approximate surface area is 154 Å². The van der Waals surface area contributed by atoms with Crippen LogP contribution in [0.3, 0.4) is 0 Å². The van der Waals surface area contributed by atoms with Crippen molar-refractivity contribution in [3.8, 4) is 10.4 Å². The van der Waals surface area contributed by atoms with Crippen molar-refractivity contribution in [1.29, 1.82) is 0 Å². The van der Waals surface area contributed by atoms with Gasteiger partial charge in [0, 0.05) is 11.4 Å². The van der Waals surface area contributed by atoms with Crippen molar-refractivity contribution in [2.45, 2.75) is 19.9 Å². The minimum Gasteiger partial charge on any atom is -0.451 e. The lowest BCUT2D eigenvalue weighted by molar-refractivity contribution is -0.130. The largest absolute Gasteiger partial charge is 0.451 e. The molecule has 1 heterocycles. The molecule has 2 N–H and O–H groups in total. The van der Waals surface area contributed by atoms with E-state index in [2.05, 4.69) is 10.6 Å². The Balaban J connectivity index is 1.87. The molecular weight excluding hydrogens is 359 g/mol. The molecule has 0 saturated heterocycles. The van der Waals surface area contributed by atoms with Crippen LogP contribution in [-0.4, -0.2) is 37.0 Å². The van der Waals surface area contributed by atoms with E-state index in [4.69, 9.17) is 4.74 Å². The van der Waals surface area contributed by atoms with Crippen LogP contribution in [0.25, 0.3) is 10.4 Å². The van der Waals surface area contributed by atoms with Gasteiger partial charge in [-0.05, 0) is 43.7 Å². The molecule has 0 aliphatic rings. The number of halogens is 1. The molecule has 26 heavy (non-hydrogen) atoms. The Morgan fingerprint density at radius 2 is 1.85 bits per heavy atom. The molecule has 8 heteroatoms. The number of likely N-dealkylation sites (N-methyl/N-ethyl adjacent to an activating group) is 1. The third kappa shape index (κ3) is 5.38. The van der Waals surface area contributed by atoms with Crippen molar-refractivity contribution in [1.82, 2.24) is 10.6 Å². The van der Waals surface area contributed by atoms with Crippen LogP contribution in [0.5, 0.6) is 0 Å². The maximum absolute atomic E-state index is 13.0. The molecule has 2 amide bonds. The number of hydrogen-bond acceptors (Lipinski definition) is 5. The number of carbonyl (C=O) groups is 3. The zero-order valence-corrected chi connectivity index (χ0v) is 15.2. The molecule has 2 rings (SSSR count). The monoisotopic (exact) mass is 378 g/mol. The highest BCUT2D eigenvalue weighted by molar-refractivity contribution is 7.17. The fourth-order valence-corrected chi connectivity index (χ4v) is 3.00. The van der Waals surface area contributed by atoms with Crippen LogP contribution < -0.4 is 10.6 Å². The molecule has 1 atom stereocenters. The van der Waals surface area contributed by atoms with Gasteiger partial charge in [0.1, 0.15) is 16.7 Å². The van der Waals surface area contributed by atoms with Gasteiger partial charge in [-0.25, -0.2) is 9.18 Å². The first-order chi connectivity index (χ1) is 12.4. The third-order valence-corrected chi connectivity index (χ3v) is 4.51. The molecule has 0 saturated carbocycles. The predicted molar refractivity (Wildman–Crippen MR) is 96.3 cm³/mol. The molecule has 1 aromatic carbocycles. The summed E-state index contributed by atoms with van der Waals surface area (Å²) < 4.78 is 17.9. The molecule has 0 spiro atoms. The SMILES string of the molecule is CCNC(=O)[C@H](C)NC(=O)COC(=O)c1ccc(-c2ccc(F)cc2)s1. The maximum Gasteiger partial charge on any atom is 0.348 e. The van der Waals surface area contributed by atoms with E-state index >= 15 is 0 Å². The Bertz CT molecular complexity index is 789. The van der Waals surface area contributed by atoms with Gasteiger partial charge in [0.2, 0.25) is 5.91 Å². The minimum atomic E-state index is -0.715. The molecule has 0 unspecified atom stereocenters. The predicted octanol–water partition coefficient (Wildman–Crippen LogP) is 2.35. The van der Waals surface area contributed by atoms with Crippen molar-refractivity contribution in [2.24, 2.45) is 0 Å². The van der Waals surface area contributed by atoms with E-state index < -0.39 is 24.5 Å². The van der Waals surface area contributed by atoms with Crippen LogP contribution in [0.2, 0.25) is 0 Å². The van der Waals surface area contributed by atoms with Crippen LogP contribution in [0.4, 0.5) is 4.39 Å². The summed E-state index contributed by atoms with van der Waals surface area (Å²) in [6.07, 6.45) is 0. The van der Waals surface area contributed by atoms with Gasteiger partial charge < -0.3 is 15.4 Å². The number of carbonyl (C=O) groups excluding carboxylic acids is 3. The molecule has 6 nitrogen and oxygen atoms in total. The van der Waals surface area contributed by atoms with Gasteiger partial charge in [-0.15, -0.1) is 11.3 Å². The summed E-state index contributed by atoms with van der Waals surface area (Å²) in [4.78, 5) is 36.4. The van der Waals surface area contributed by atoms with E-state index in [0.29, 0.717) is 11.4 Å². The summed E-state index contributed by atoms with van der Waals surface area (Å²) in [5, 5.41) is 5.03. The standard InChI is InChI=1S/C18H19FN2O4S/c1-3-20-17(23)11(2)21-16(22)10-25-18(24)15-9-8-14(26-15)12-4-6-13(19)7-5-12/h4-9,11H,3,10H2,1-2H3,(H,20,23)(H,21,22)/t11-/m0/s1. The van der Waals surface area contributed by atoms with Crippen molar-refractivity contribution in [3.63, 3.8) is 0 Å². The average Bonchev–Trinajstić information content (AvgIpc) is 3.10. The van der Waals surface area contributed by atoms with Gasteiger partial charge in [0.05, 0.1) is 0 Å². The molecule has 0 aliphatic carbocycles. The first-order valence-electron chi connectivity index (χ1n) is 8.00. The van der Waals surface area contributed by atoms with Gasteiger partial charge in [-0.2, -0.15) is 0 Å². The number of ether oxygens (including phenoxy) is 1. The number of hydrogen-bond donors (Lipinski definition) is 2. The minimum absolute atomic E-state index is 0.311. The highest BCUT2D eigenvalue weighted by Gasteiger charge is 2.17. The topological polar surface area (TPSA) is 84.5 Å². The van der Waals surface area contributed by atoms with Crippen molar-refractivity contribution < 1.29 is 23.5 Å². The molecule has 0 aliphatic heterocycles. The Hall–Kier alpha value is -2.74. The number of amides is 2. The van der Waals surface area contributed by atoms with Crippen LogP contribution in [-0.2, 0) is 14.3 Å². The highest BCUT2D eigenvalue weighted by Crippen LogP contribution is 2.28. The second-order valence-electron chi connectivity index (χ2n) is 5.43. The maximum atomic E-state index is 13.0. The Morgan fingerprint density at radius 1 is 1.15 bits per heavy atom. The van der Waals surface area contributed by atoms with Gasteiger partial charge >= 0.3 is 5.97 Å². The number of nitrogens with one attached hydrogen (secondary N) is 2. The van der Waals surface area contributed by atoms with Gasteiger partial charge in [-0.3, -0.25) is 9.59 Å². The fourth-order valence-electron chi connectivity index (χ4n) is 2.10. The highest BCUT2D eigenvalue weighted by atomic mass is 32.1. The third-order valence-electron chi connectivity index (χ3n) is 3.39. The van der Waals surface area contributed by atoms with E-state index in [-0.39, 0.29) is 11.7 Å². The lowest BCUT2D eigenvalue weighted by Crippen LogP contribution is -2.46. The summed E-state index contributed by atoms with van der Waals surface area (Å²) >= 11 is 1.18. The van der Waals surface area contributed by atoms with Crippen LogP contribution in [0.1, 0.15) is 23.5 Å². The second kappa shape index (κ2) is 9.10. The zero-order chi connectivity index (χ0) is 19.1.